The number of rotatable bonds is 6. The van der Waals surface area contributed by atoms with Crippen LogP contribution in [-0.4, -0.2) is 38.7 Å². The summed E-state index contributed by atoms with van der Waals surface area (Å²) in [5.41, 5.74) is 1.31. The highest BCUT2D eigenvalue weighted by molar-refractivity contribution is 7.93. The average molecular weight is 458 g/mol. The number of sulfonamides is 1. The normalized spacial score (nSPS) is 14.0. The lowest BCUT2D eigenvalue weighted by Crippen LogP contribution is -2.46. The molecule has 1 atom stereocenters. The van der Waals surface area contributed by atoms with Gasteiger partial charge in [-0.05, 0) is 45.0 Å². The Morgan fingerprint density at radius 2 is 1.72 bits per heavy atom. The van der Waals surface area contributed by atoms with Gasteiger partial charge in [0.25, 0.3) is 10.0 Å². The van der Waals surface area contributed by atoms with E-state index in [0.29, 0.717) is 36.2 Å². The summed E-state index contributed by atoms with van der Waals surface area (Å²) in [6.07, 6.45) is 0. The van der Waals surface area contributed by atoms with Crippen molar-refractivity contribution in [2.75, 3.05) is 22.8 Å². The van der Waals surface area contributed by atoms with Gasteiger partial charge in [0.1, 0.15) is 25.0 Å². The van der Waals surface area contributed by atoms with Gasteiger partial charge in [0, 0.05) is 12.1 Å². The Labute approximate surface area is 186 Å². The van der Waals surface area contributed by atoms with Crippen LogP contribution in [0.15, 0.2) is 57.9 Å². The molecule has 0 saturated heterocycles. The second-order valence-electron chi connectivity index (χ2n) is 7.43. The minimum Gasteiger partial charge on any atom is -0.486 e. The number of anilines is 2. The summed E-state index contributed by atoms with van der Waals surface area (Å²) in [7, 11) is -4.14. The molecule has 0 radical (unpaired) electrons. The number of hydrogen-bond donors (Lipinski definition) is 1. The van der Waals surface area contributed by atoms with Crippen LogP contribution in [0.3, 0.4) is 0 Å². The second-order valence-corrected chi connectivity index (χ2v) is 9.24. The summed E-state index contributed by atoms with van der Waals surface area (Å²) in [4.78, 5) is 13.0. The SMILES string of the molecule is Cc1ccc(N(C(C)C(=O)Nc2cc(C)on2)S(=O)(=O)c2ccc3c(c2)OCCO3)cc1. The van der Waals surface area contributed by atoms with Gasteiger partial charge in [-0.15, -0.1) is 0 Å². The number of carbonyl (C=O) groups is 1. The minimum atomic E-state index is -4.14. The van der Waals surface area contributed by atoms with Gasteiger partial charge in [-0.2, -0.15) is 0 Å². The third kappa shape index (κ3) is 4.26. The lowest BCUT2D eigenvalue weighted by Gasteiger charge is -2.30. The highest BCUT2D eigenvalue weighted by Gasteiger charge is 2.34. The summed E-state index contributed by atoms with van der Waals surface area (Å²) in [5.74, 6) is 0.993. The first-order valence-corrected chi connectivity index (χ1v) is 11.4. The van der Waals surface area contributed by atoms with Crippen molar-refractivity contribution in [2.24, 2.45) is 0 Å². The van der Waals surface area contributed by atoms with Crippen LogP contribution in [0.4, 0.5) is 11.5 Å². The van der Waals surface area contributed by atoms with Gasteiger partial charge in [-0.3, -0.25) is 9.10 Å². The predicted molar refractivity (Wildman–Crippen MR) is 118 cm³/mol. The number of carbonyl (C=O) groups excluding carboxylic acids is 1. The van der Waals surface area contributed by atoms with Crippen LogP contribution in [0.1, 0.15) is 18.2 Å². The maximum atomic E-state index is 13.7. The Morgan fingerprint density at radius 1 is 1.03 bits per heavy atom. The standard InChI is InChI=1S/C22H23N3O6S/c1-14-4-6-17(7-5-14)25(16(3)22(26)23-21-12-15(2)31-24-21)32(27,28)18-8-9-19-20(13-18)30-11-10-29-19/h4-9,12-13,16H,10-11H2,1-3H3,(H,23,24,26). The van der Waals surface area contributed by atoms with E-state index in [0.717, 1.165) is 9.87 Å². The summed E-state index contributed by atoms with van der Waals surface area (Å²) in [6.45, 7) is 5.82. The number of nitrogens with one attached hydrogen (secondary N) is 1. The molecule has 10 heteroatoms. The second kappa shape index (κ2) is 8.54. The van der Waals surface area contributed by atoms with E-state index in [-0.39, 0.29) is 10.7 Å². The molecule has 0 saturated carbocycles. The van der Waals surface area contributed by atoms with Crippen molar-refractivity contribution in [1.82, 2.24) is 5.16 Å². The molecule has 9 nitrogen and oxygen atoms in total. The van der Waals surface area contributed by atoms with Crippen LogP contribution in [0.2, 0.25) is 0 Å². The van der Waals surface area contributed by atoms with Gasteiger partial charge in [0.15, 0.2) is 17.3 Å². The zero-order valence-corrected chi connectivity index (χ0v) is 18.7. The van der Waals surface area contributed by atoms with Gasteiger partial charge in [0.05, 0.1) is 10.6 Å². The first kappa shape index (κ1) is 21.7. The van der Waals surface area contributed by atoms with E-state index in [1.165, 1.54) is 19.1 Å². The molecular weight excluding hydrogens is 434 g/mol. The minimum absolute atomic E-state index is 0.0146. The highest BCUT2D eigenvalue weighted by Crippen LogP contribution is 2.35. The smallest absolute Gasteiger partial charge is 0.265 e. The molecule has 0 aliphatic carbocycles. The summed E-state index contributed by atoms with van der Waals surface area (Å²) < 4.78 is 44.5. The molecule has 1 aliphatic heterocycles. The molecular formula is C22H23N3O6S. The number of ether oxygens (including phenoxy) is 2. The van der Waals surface area contributed by atoms with E-state index >= 15 is 0 Å². The average Bonchev–Trinajstić information content (AvgIpc) is 3.19. The van der Waals surface area contributed by atoms with Crippen molar-refractivity contribution in [3.63, 3.8) is 0 Å². The van der Waals surface area contributed by atoms with E-state index in [4.69, 9.17) is 14.0 Å². The molecule has 0 spiro atoms. The molecule has 1 N–H and O–H groups in total. The zero-order chi connectivity index (χ0) is 22.9. The lowest BCUT2D eigenvalue weighted by atomic mass is 10.2. The van der Waals surface area contributed by atoms with Crippen molar-refractivity contribution >= 4 is 27.4 Å². The molecule has 1 amide bonds. The Bertz CT molecular complexity index is 1240. The van der Waals surface area contributed by atoms with Crippen molar-refractivity contribution in [3.8, 4) is 11.5 Å². The van der Waals surface area contributed by atoms with Crippen molar-refractivity contribution in [1.29, 1.82) is 0 Å². The monoisotopic (exact) mass is 457 g/mol. The maximum absolute atomic E-state index is 13.7. The predicted octanol–water partition coefficient (Wildman–Crippen LogP) is 3.29. The summed E-state index contributed by atoms with van der Waals surface area (Å²) >= 11 is 0. The molecule has 1 aromatic heterocycles. The summed E-state index contributed by atoms with van der Waals surface area (Å²) in [5, 5.41) is 6.35. The lowest BCUT2D eigenvalue weighted by molar-refractivity contribution is -0.116. The third-order valence-corrected chi connectivity index (χ3v) is 6.86. The van der Waals surface area contributed by atoms with Gasteiger partial charge in [-0.1, -0.05) is 22.9 Å². The fourth-order valence-electron chi connectivity index (χ4n) is 3.32. The number of aromatic nitrogens is 1. The van der Waals surface area contributed by atoms with Gasteiger partial charge >= 0.3 is 0 Å². The van der Waals surface area contributed by atoms with Crippen LogP contribution < -0.4 is 19.1 Å². The van der Waals surface area contributed by atoms with Gasteiger partial charge < -0.3 is 19.3 Å². The van der Waals surface area contributed by atoms with Crippen LogP contribution in [0.25, 0.3) is 0 Å². The molecule has 0 bridgehead atoms. The van der Waals surface area contributed by atoms with Crippen molar-refractivity contribution in [3.05, 3.63) is 59.9 Å². The molecule has 1 aliphatic rings. The van der Waals surface area contributed by atoms with Crippen LogP contribution in [0, 0.1) is 13.8 Å². The quantitative estimate of drug-likeness (QED) is 0.605. The van der Waals surface area contributed by atoms with E-state index < -0.39 is 22.0 Å². The Kier molecular flexibility index (Phi) is 5.79. The first-order valence-electron chi connectivity index (χ1n) is 10.0. The topological polar surface area (TPSA) is 111 Å². The van der Waals surface area contributed by atoms with Gasteiger partial charge in [-0.25, -0.2) is 8.42 Å². The fraction of sp³-hybridized carbons (Fsp3) is 0.273. The number of benzene rings is 2. The van der Waals surface area contributed by atoms with Crippen molar-refractivity contribution < 1.29 is 27.2 Å². The zero-order valence-electron chi connectivity index (χ0n) is 17.9. The van der Waals surface area contributed by atoms with Gasteiger partial charge in [0.2, 0.25) is 5.91 Å². The van der Waals surface area contributed by atoms with Crippen LogP contribution in [-0.2, 0) is 14.8 Å². The Morgan fingerprint density at radius 3 is 2.38 bits per heavy atom. The van der Waals surface area contributed by atoms with Crippen molar-refractivity contribution in [2.45, 2.75) is 31.7 Å². The fourth-order valence-corrected chi connectivity index (χ4v) is 4.96. The number of aryl methyl sites for hydroxylation is 2. The molecule has 4 rings (SSSR count). The Hall–Kier alpha value is -3.53. The molecule has 3 aromatic rings. The van der Waals surface area contributed by atoms with E-state index in [9.17, 15) is 13.2 Å². The Balaban J connectivity index is 1.73. The molecule has 168 valence electrons. The number of fused-ring (bicyclic) bond motifs is 1. The summed E-state index contributed by atoms with van der Waals surface area (Å²) in [6, 6.07) is 11.8. The van der Waals surface area contributed by atoms with Crippen LogP contribution in [0.5, 0.6) is 11.5 Å². The third-order valence-electron chi connectivity index (χ3n) is 4.97. The molecule has 2 aromatic carbocycles. The number of amides is 1. The van der Waals surface area contributed by atoms with E-state index in [1.807, 2.05) is 6.92 Å². The van der Waals surface area contributed by atoms with Crippen LogP contribution >= 0.6 is 0 Å². The maximum Gasteiger partial charge on any atom is 0.265 e. The molecule has 1 unspecified atom stereocenters. The molecule has 2 heterocycles. The highest BCUT2D eigenvalue weighted by atomic mass is 32.2. The van der Waals surface area contributed by atoms with E-state index in [1.54, 1.807) is 43.3 Å². The largest absolute Gasteiger partial charge is 0.486 e. The van der Waals surface area contributed by atoms with E-state index in [2.05, 4.69) is 10.5 Å². The molecule has 0 fully saturated rings. The number of nitrogens with zero attached hydrogens (tertiary/aromatic N) is 2. The number of hydrogen-bond acceptors (Lipinski definition) is 7. The first-order chi connectivity index (χ1) is 15.3. The molecule has 32 heavy (non-hydrogen) atoms.